The molecule has 0 spiro atoms. The van der Waals surface area contributed by atoms with E-state index in [0.717, 1.165) is 12.0 Å². The summed E-state index contributed by atoms with van der Waals surface area (Å²) in [4.78, 5) is 12.0. The molecule has 1 fully saturated rings. The number of nitrogens with one attached hydrogen (secondary N) is 1. The summed E-state index contributed by atoms with van der Waals surface area (Å²) in [7, 11) is 0. The zero-order valence-electron chi connectivity index (χ0n) is 11.5. The second kappa shape index (κ2) is 6.71. The summed E-state index contributed by atoms with van der Waals surface area (Å²) in [5, 5.41) is 13.1. The maximum Gasteiger partial charge on any atom is 0.223 e. The van der Waals surface area contributed by atoms with Crippen molar-refractivity contribution in [2.75, 3.05) is 0 Å². The predicted octanol–water partition coefficient (Wildman–Crippen LogP) is 2.81. The van der Waals surface area contributed by atoms with Crippen LogP contribution in [0.15, 0.2) is 30.3 Å². The van der Waals surface area contributed by atoms with Crippen molar-refractivity contribution in [2.45, 2.75) is 51.2 Å². The van der Waals surface area contributed by atoms with E-state index < -0.39 is 6.10 Å². The van der Waals surface area contributed by atoms with Gasteiger partial charge in [0, 0.05) is 6.04 Å². The van der Waals surface area contributed by atoms with Gasteiger partial charge in [0.25, 0.3) is 0 Å². The molecule has 0 heterocycles. The molecule has 1 aromatic carbocycles. The fourth-order valence-corrected chi connectivity index (χ4v) is 2.77. The summed E-state index contributed by atoms with van der Waals surface area (Å²) in [5.41, 5.74) is 0.800. The number of amides is 1. The van der Waals surface area contributed by atoms with Crippen LogP contribution in [-0.2, 0) is 4.79 Å². The van der Waals surface area contributed by atoms with Gasteiger partial charge in [-0.3, -0.25) is 4.79 Å². The third kappa shape index (κ3) is 4.06. The van der Waals surface area contributed by atoms with Gasteiger partial charge in [0.05, 0.1) is 12.5 Å². The Hall–Kier alpha value is -1.35. The number of aliphatic hydroxyl groups excluding tert-OH is 1. The Labute approximate surface area is 115 Å². The molecule has 3 unspecified atom stereocenters. The van der Waals surface area contributed by atoms with Crippen LogP contribution in [0.25, 0.3) is 0 Å². The Morgan fingerprint density at radius 2 is 2.00 bits per heavy atom. The van der Waals surface area contributed by atoms with Crippen molar-refractivity contribution in [1.82, 2.24) is 5.32 Å². The molecule has 104 valence electrons. The van der Waals surface area contributed by atoms with Crippen molar-refractivity contribution in [1.29, 1.82) is 0 Å². The normalized spacial score (nSPS) is 24.7. The van der Waals surface area contributed by atoms with Gasteiger partial charge >= 0.3 is 0 Å². The molecule has 19 heavy (non-hydrogen) atoms. The van der Waals surface area contributed by atoms with Crippen LogP contribution < -0.4 is 5.32 Å². The molecule has 2 rings (SSSR count). The van der Waals surface area contributed by atoms with Crippen molar-refractivity contribution in [3.63, 3.8) is 0 Å². The van der Waals surface area contributed by atoms with Crippen LogP contribution >= 0.6 is 0 Å². The van der Waals surface area contributed by atoms with E-state index in [9.17, 15) is 9.90 Å². The van der Waals surface area contributed by atoms with Crippen molar-refractivity contribution < 1.29 is 9.90 Å². The molecule has 1 amide bonds. The number of carbonyl (C=O) groups excluding carboxylic acids is 1. The zero-order valence-corrected chi connectivity index (χ0v) is 11.5. The first kappa shape index (κ1) is 14.1. The highest BCUT2D eigenvalue weighted by Gasteiger charge is 2.23. The molecule has 3 nitrogen and oxygen atoms in total. The number of hydrogen-bond donors (Lipinski definition) is 2. The van der Waals surface area contributed by atoms with E-state index in [1.165, 1.54) is 19.3 Å². The van der Waals surface area contributed by atoms with Crippen LogP contribution in [0.3, 0.4) is 0 Å². The molecule has 2 N–H and O–H groups in total. The third-order valence-electron chi connectivity index (χ3n) is 4.02. The van der Waals surface area contributed by atoms with Gasteiger partial charge in [0.15, 0.2) is 0 Å². The van der Waals surface area contributed by atoms with Gasteiger partial charge < -0.3 is 10.4 Å². The van der Waals surface area contributed by atoms with E-state index in [0.29, 0.717) is 5.92 Å². The highest BCUT2D eigenvalue weighted by Crippen LogP contribution is 2.24. The first-order chi connectivity index (χ1) is 9.16. The molecular weight excluding hydrogens is 238 g/mol. The first-order valence-corrected chi connectivity index (χ1v) is 7.19. The Kier molecular flexibility index (Phi) is 4.97. The summed E-state index contributed by atoms with van der Waals surface area (Å²) in [5.74, 6) is 0.502. The smallest absolute Gasteiger partial charge is 0.223 e. The lowest BCUT2D eigenvalue weighted by molar-refractivity contribution is -0.124. The molecule has 3 atom stereocenters. The molecule has 3 heteroatoms. The minimum Gasteiger partial charge on any atom is -0.388 e. The van der Waals surface area contributed by atoms with E-state index >= 15 is 0 Å². The second-order valence-electron chi connectivity index (χ2n) is 5.57. The van der Waals surface area contributed by atoms with Crippen LogP contribution in [0.4, 0.5) is 0 Å². The zero-order chi connectivity index (χ0) is 13.7. The SMILES string of the molecule is CC1CCCCC1NC(=O)CC(O)c1ccccc1. The Bertz CT molecular complexity index is 404. The molecule has 1 aromatic rings. The lowest BCUT2D eigenvalue weighted by atomic mass is 9.86. The van der Waals surface area contributed by atoms with E-state index in [-0.39, 0.29) is 18.4 Å². The fourth-order valence-electron chi connectivity index (χ4n) is 2.77. The third-order valence-corrected chi connectivity index (χ3v) is 4.02. The molecular formula is C16H23NO2. The molecule has 0 aliphatic heterocycles. The van der Waals surface area contributed by atoms with Crippen molar-refractivity contribution in [2.24, 2.45) is 5.92 Å². The Morgan fingerprint density at radius 1 is 1.32 bits per heavy atom. The quantitative estimate of drug-likeness (QED) is 0.875. The standard InChI is InChI=1S/C16H23NO2/c1-12-7-5-6-10-14(12)17-16(19)11-15(18)13-8-3-2-4-9-13/h2-4,8-9,12,14-15,18H,5-7,10-11H2,1H3,(H,17,19). The monoisotopic (exact) mass is 261 g/mol. The average Bonchev–Trinajstić information content (AvgIpc) is 2.42. The van der Waals surface area contributed by atoms with Gasteiger partial charge in [0.2, 0.25) is 5.91 Å². The minimum absolute atomic E-state index is 0.0462. The molecule has 0 bridgehead atoms. The molecule has 0 aromatic heterocycles. The lowest BCUT2D eigenvalue weighted by Crippen LogP contribution is -2.41. The number of carbonyl (C=O) groups is 1. The topological polar surface area (TPSA) is 49.3 Å². The minimum atomic E-state index is -0.708. The van der Waals surface area contributed by atoms with Gasteiger partial charge in [-0.25, -0.2) is 0 Å². The highest BCUT2D eigenvalue weighted by molar-refractivity contribution is 5.77. The number of aliphatic hydroxyl groups is 1. The Morgan fingerprint density at radius 3 is 2.68 bits per heavy atom. The summed E-state index contributed by atoms with van der Waals surface area (Å²) in [6.07, 6.45) is 4.14. The largest absolute Gasteiger partial charge is 0.388 e. The van der Waals surface area contributed by atoms with E-state index in [1.807, 2.05) is 30.3 Å². The first-order valence-electron chi connectivity index (χ1n) is 7.19. The number of benzene rings is 1. The van der Waals surface area contributed by atoms with Gasteiger partial charge in [-0.2, -0.15) is 0 Å². The maximum absolute atomic E-state index is 12.0. The van der Waals surface area contributed by atoms with E-state index in [4.69, 9.17) is 0 Å². The lowest BCUT2D eigenvalue weighted by Gasteiger charge is -2.29. The van der Waals surface area contributed by atoms with Crippen LogP contribution in [0.5, 0.6) is 0 Å². The molecule has 1 saturated carbocycles. The van der Waals surface area contributed by atoms with E-state index in [1.54, 1.807) is 0 Å². The van der Waals surface area contributed by atoms with Gasteiger partial charge in [-0.1, -0.05) is 50.1 Å². The second-order valence-corrected chi connectivity index (χ2v) is 5.57. The van der Waals surface area contributed by atoms with E-state index in [2.05, 4.69) is 12.2 Å². The summed E-state index contributed by atoms with van der Waals surface area (Å²) < 4.78 is 0. The molecule has 1 aliphatic carbocycles. The maximum atomic E-state index is 12.0. The molecule has 1 aliphatic rings. The van der Waals surface area contributed by atoms with Gasteiger partial charge in [-0.15, -0.1) is 0 Å². The summed E-state index contributed by atoms with van der Waals surface area (Å²) >= 11 is 0. The van der Waals surface area contributed by atoms with Gasteiger partial charge in [0.1, 0.15) is 0 Å². The van der Waals surface area contributed by atoms with Crippen LogP contribution in [0.1, 0.15) is 50.7 Å². The molecule has 0 saturated heterocycles. The van der Waals surface area contributed by atoms with Crippen molar-refractivity contribution >= 4 is 5.91 Å². The molecule has 0 radical (unpaired) electrons. The Balaban J connectivity index is 1.84. The van der Waals surface area contributed by atoms with Crippen LogP contribution in [-0.4, -0.2) is 17.1 Å². The van der Waals surface area contributed by atoms with Gasteiger partial charge in [-0.05, 0) is 24.3 Å². The van der Waals surface area contributed by atoms with Crippen molar-refractivity contribution in [3.8, 4) is 0 Å². The number of rotatable bonds is 4. The van der Waals surface area contributed by atoms with Crippen LogP contribution in [0, 0.1) is 5.92 Å². The highest BCUT2D eigenvalue weighted by atomic mass is 16.3. The van der Waals surface area contributed by atoms with Crippen LogP contribution in [0.2, 0.25) is 0 Å². The summed E-state index contributed by atoms with van der Waals surface area (Å²) in [6.45, 7) is 2.19. The number of hydrogen-bond acceptors (Lipinski definition) is 2. The average molecular weight is 261 g/mol. The van der Waals surface area contributed by atoms with Crippen molar-refractivity contribution in [3.05, 3.63) is 35.9 Å². The summed E-state index contributed by atoms with van der Waals surface area (Å²) in [6, 6.07) is 9.63. The fraction of sp³-hybridized carbons (Fsp3) is 0.562. The predicted molar refractivity (Wildman–Crippen MR) is 75.6 cm³/mol.